The predicted molar refractivity (Wildman–Crippen MR) is 80.9 cm³/mol. The molecule has 0 amide bonds. The SMILES string of the molecule is COc1ncc(Cl)nc1NS(=O)(=O)c1cccc(Cl)c1Cl. The Labute approximate surface area is 136 Å². The number of ether oxygens (including phenoxy) is 1. The zero-order chi connectivity index (χ0) is 15.6. The molecule has 0 aliphatic heterocycles. The summed E-state index contributed by atoms with van der Waals surface area (Å²) in [6, 6.07) is 4.24. The number of sulfonamides is 1. The molecule has 1 aromatic heterocycles. The highest BCUT2D eigenvalue weighted by atomic mass is 35.5. The van der Waals surface area contributed by atoms with Crippen molar-refractivity contribution >= 4 is 50.6 Å². The van der Waals surface area contributed by atoms with Gasteiger partial charge in [0.2, 0.25) is 5.82 Å². The number of halogens is 3. The quantitative estimate of drug-likeness (QED) is 0.896. The van der Waals surface area contributed by atoms with Crippen LogP contribution in [0.2, 0.25) is 15.2 Å². The Kier molecular flexibility index (Phi) is 4.77. The van der Waals surface area contributed by atoms with Gasteiger partial charge in [0.15, 0.2) is 0 Å². The maximum Gasteiger partial charge on any atom is 0.264 e. The zero-order valence-electron chi connectivity index (χ0n) is 10.5. The molecular formula is C11H8Cl3N3O3S. The first-order valence-electron chi connectivity index (χ1n) is 5.38. The van der Waals surface area contributed by atoms with Crippen molar-refractivity contribution in [2.45, 2.75) is 4.90 Å². The Balaban J connectivity index is 2.47. The van der Waals surface area contributed by atoms with Gasteiger partial charge in [0.05, 0.1) is 23.4 Å². The van der Waals surface area contributed by atoms with Gasteiger partial charge >= 0.3 is 0 Å². The second-order valence-electron chi connectivity index (χ2n) is 3.71. The summed E-state index contributed by atoms with van der Waals surface area (Å²) in [5.41, 5.74) is 0. The van der Waals surface area contributed by atoms with Crippen molar-refractivity contribution in [1.82, 2.24) is 9.97 Å². The highest BCUT2D eigenvalue weighted by Gasteiger charge is 2.22. The molecule has 1 N–H and O–H groups in total. The van der Waals surface area contributed by atoms with Crippen molar-refractivity contribution in [1.29, 1.82) is 0 Å². The molecule has 0 radical (unpaired) electrons. The maximum absolute atomic E-state index is 12.3. The summed E-state index contributed by atoms with van der Waals surface area (Å²) < 4.78 is 31.8. The van der Waals surface area contributed by atoms with Crippen LogP contribution in [0, 0.1) is 0 Å². The summed E-state index contributed by atoms with van der Waals surface area (Å²) in [7, 11) is -2.70. The average molecular weight is 369 g/mol. The van der Waals surface area contributed by atoms with E-state index in [9.17, 15) is 8.42 Å². The van der Waals surface area contributed by atoms with Gasteiger partial charge in [0, 0.05) is 0 Å². The van der Waals surface area contributed by atoms with E-state index >= 15 is 0 Å². The molecule has 10 heteroatoms. The average Bonchev–Trinajstić information content (AvgIpc) is 2.41. The van der Waals surface area contributed by atoms with Crippen LogP contribution in [0.4, 0.5) is 5.82 Å². The molecule has 0 fully saturated rings. The van der Waals surface area contributed by atoms with Crippen molar-refractivity contribution in [2.24, 2.45) is 0 Å². The van der Waals surface area contributed by atoms with Crippen LogP contribution >= 0.6 is 34.8 Å². The summed E-state index contributed by atoms with van der Waals surface area (Å²) in [5.74, 6) is -0.179. The minimum atomic E-state index is -4.02. The Morgan fingerprint density at radius 1 is 1.24 bits per heavy atom. The molecule has 0 spiro atoms. The fourth-order valence-electron chi connectivity index (χ4n) is 1.45. The first-order chi connectivity index (χ1) is 9.85. The Bertz CT molecular complexity index is 784. The number of nitrogens with zero attached hydrogens (tertiary/aromatic N) is 2. The second-order valence-corrected chi connectivity index (χ2v) is 6.53. The number of hydrogen-bond acceptors (Lipinski definition) is 5. The summed E-state index contributed by atoms with van der Waals surface area (Å²) in [6.45, 7) is 0. The van der Waals surface area contributed by atoms with Crippen LogP contribution in [0.5, 0.6) is 5.88 Å². The molecule has 2 aromatic rings. The van der Waals surface area contributed by atoms with Gasteiger partial charge in [-0.05, 0) is 12.1 Å². The fourth-order valence-corrected chi connectivity index (χ4v) is 3.34. The van der Waals surface area contributed by atoms with Crippen LogP contribution in [0.25, 0.3) is 0 Å². The van der Waals surface area contributed by atoms with Gasteiger partial charge in [-0.2, -0.15) is 0 Å². The molecular weight excluding hydrogens is 361 g/mol. The van der Waals surface area contributed by atoms with E-state index < -0.39 is 10.0 Å². The lowest BCUT2D eigenvalue weighted by Crippen LogP contribution is -2.15. The Hall–Kier alpha value is -1.28. The van der Waals surface area contributed by atoms with Crippen LogP contribution in [0.15, 0.2) is 29.3 Å². The topological polar surface area (TPSA) is 81.2 Å². The first kappa shape index (κ1) is 16.1. The summed E-state index contributed by atoms with van der Waals surface area (Å²) in [4.78, 5) is 7.44. The number of nitrogens with one attached hydrogen (secondary N) is 1. The first-order valence-corrected chi connectivity index (χ1v) is 8.00. The van der Waals surface area contributed by atoms with Gasteiger partial charge in [0.1, 0.15) is 10.0 Å². The van der Waals surface area contributed by atoms with Crippen LogP contribution in [0.3, 0.4) is 0 Å². The second kappa shape index (κ2) is 6.23. The number of rotatable bonds is 4. The van der Waals surface area contributed by atoms with Gasteiger partial charge < -0.3 is 4.74 Å². The molecule has 0 saturated heterocycles. The van der Waals surface area contributed by atoms with Crippen LogP contribution in [-0.2, 0) is 10.0 Å². The van der Waals surface area contributed by atoms with E-state index in [4.69, 9.17) is 39.5 Å². The van der Waals surface area contributed by atoms with E-state index in [0.29, 0.717) is 0 Å². The Morgan fingerprint density at radius 3 is 2.62 bits per heavy atom. The van der Waals surface area contributed by atoms with E-state index in [0.717, 1.165) is 0 Å². The van der Waals surface area contributed by atoms with Crippen LogP contribution in [-0.4, -0.2) is 25.5 Å². The zero-order valence-corrected chi connectivity index (χ0v) is 13.6. The lowest BCUT2D eigenvalue weighted by molar-refractivity contribution is 0.398. The lowest BCUT2D eigenvalue weighted by Gasteiger charge is -2.11. The predicted octanol–water partition coefficient (Wildman–Crippen LogP) is 3.25. The normalized spacial score (nSPS) is 11.2. The lowest BCUT2D eigenvalue weighted by atomic mass is 10.4. The third-order valence-corrected chi connectivity index (χ3v) is 4.83. The molecule has 0 atom stereocenters. The van der Waals surface area contributed by atoms with Crippen molar-refractivity contribution in [3.05, 3.63) is 39.6 Å². The summed E-state index contributed by atoms with van der Waals surface area (Å²) in [5, 5.41) is 0.0231. The molecule has 112 valence electrons. The summed E-state index contributed by atoms with van der Waals surface area (Å²) >= 11 is 17.4. The monoisotopic (exact) mass is 367 g/mol. The molecule has 0 aliphatic carbocycles. The molecule has 6 nitrogen and oxygen atoms in total. The molecule has 2 rings (SSSR count). The van der Waals surface area contributed by atoms with E-state index in [1.807, 2.05) is 0 Å². The molecule has 0 unspecified atom stereocenters. The van der Waals surface area contributed by atoms with E-state index in [1.165, 1.54) is 31.5 Å². The van der Waals surface area contributed by atoms with Crippen LogP contribution < -0.4 is 9.46 Å². The smallest absolute Gasteiger partial charge is 0.264 e. The molecule has 0 aliphatic rings. The number of hydrogen-bond donors (Lipinski definition) is 1. The molecule has 0 saturated carbocycles. The molecule has 1 heterocycles. The molecule has 1 aromatic carbocycles. The van der Waals surface area contributed by atoms with Crippen molar-refractivity contribution in [2.75, 3.05) is 11.8 Å². The van der Waals surface area contributed by atoms with E-state index in [2.05, 4.69) is 14.7 Å². The highest BCUT2D eigenvalue weighted by Crippen LogP contribution is 2.31. The number of anilines is 1. The fraction of sp³-hybridized carbons (Fsp3) is 0.0909. The highest BCUT2D eigenvalue weighted by molar-refractivity contribution is 7.92. The van der Waals surface area contributed by atoms with Gasteiger partial charge in [-0.1, -0.05) is 40.9 Å². The standard InChI is InChI=1S/C11H8Cl3N3O3S/c1-20-11-10(16-8(13)5-15-11)17-21(18,19)7-4-2-3-6(12)9(7)14/h2-5H,1H3,(H,16,17). The minimum absolute atomic E-state index is 0.00527. The third-order valence-electron chi connectivity index (χ3n) is 2.34. The van der Waals surface area contributed by atoms with Crippen molar-refractivity contribution < 1.29 is 13.2 Å². The van der Waals surface area contributed by atoms with Gasteiger partial charge in [-0.25, -0.2) is 18.4 Å². The number of methoxy groups -OCH3 is 1. The Morgan fingerprint density at radius 2 is 1.95 bits per heavy atom. The molecule has 0 bridgehead atoms. The van der Waals surface area contributed by atoms with Gasteiger partial charge in [0.25, 0.3) is 15.9 Å². The third kappa shape index (κ3) is 3.49. The van der Waals surface area contributed by atoms with Gasteiger partial charge in [-0.3, -0.25) is 4.72 Å². The van der Waals surface area contributed by atoms with E-state index in [1.54, 1.807) is 0 Å². The van der Waals surface area contributed by atoms with E-state index in [-0.39, 0.29) is 31.8 Å². The van der Waals surface area contributed by atoms with Gasteiger partial charge in [-0.15, -0.1) is 0 Å². The maximum atomic E-state index is 12.3. The number of aromatic nitrogens is 2. The summed E-state index contributed by atoms with van der Waals surface area (Å²) in [6.07, 6.45) is 1.23. The number of benzene rings is 1. The van der Waals surface area contributed by atoms with Crippen molar-refractivity contribution in [3.8, 4) is 5.88 Å². The molecule has 21 heavy (non-hydrogen) atoms. The van der Waals surface area contributed by atoms with Crippen LogP contribution in [0.1, 0.15) is 0 Å². The van der Waals surface area contributed by atoms with Crippen molar-refractivity contribution in [3.63, 3.8) is 0 Å². The minimum Gasteiger partial charge on any atom is -0.478 e. The largest absolute Gasteiger partial charge is 0.478 e.